The number of hydrogen-bond acceptors (Lipinski definition) is 11. The van der Waals surface area contributed by atoms with E-state index >= 15 is 0 Å². The minimum atomic E-state index is -0.578. The molecular formula is C26H27FN8O3. The number of methoxy groups -OCH3 is 2. The SMILES string of the molecule is COc1cc(Nc2ncncc2-c2cc(Nc3ccc(CN4CCOCC4)cn3)ncn2)c(F)c(OC)c1. The van der Waals surface area contributed by atoms with Gasteiger partial charge < -0.3 is 24.8 Å². The molecule has 2 N–H and O–H groups in total. The van der Waals surface area contributed by atoms with Gasteiger partial charge in [0, 0.05) is 50.2 Å². The van der Waals surface area contributed by atoms with Crippen LogP contribution < -0.4 is 20.1 Å². The van der Waals surface area contributed by atoms with Crippen LogP contribution in [-0.4, -0.2) is 70.3 Å². The van der Waals surface area contributed by atoms with Crippen molar-refractivity contribution < 1.29 is 18.6 Å². The number of rotatable bonds is 9. The van der Waals surface area contributed by atoms with Gasteiger partial charge in [-0.2, -0.15) is 0 Å². The second-order valence-electron chi connectivity index (χ2n) is 8.45. The zero-order valence-electron chi connectivity index (χ0n) is 21.0. The second kappa shape index (κ2) is 11.8. The standard InChI is InChI=1S/C26H27FN8O3/c1-36-18-9-21(25(27)22(10-18)37-2)33-26-19(13-28-15-32-26)20-11-24(31-16-30-20)34-23-4-3-17(12-29-23)14-35-5-7-38-8-6-35/h3-4,9-13,15-16H,5-8,14H2,1-2H3,(H,28,32,33)(H,29,30,31,34). The number of nitrogens with one attached hydrogen (secondary N) is 2. The Morgan fingerprint density at radius 2 is 1.79 bits per heavy atom. The van der Waals surface area contributed by atoms with E-state index in [2.05, 4.69) is 40.5 Å². The highest BCUT2D eigenvalue weighted by Gasteiger charge is 2.16. The van der Waals surface area contributed by atoms with E-state index in [-0.39, 0.29) is 11.4 Å². The Kier molecular flexibility index (Phi) is 7.81. The Hall–Kier alpha value is -4.42. The number of benzene rings is 1. The highest BCUT2D eigenvalue weighted by atomic mass is 19.1. The normalized spacial score (nSPS) is 13.7. The molecule has 5 rings (SSSR count). The van der Waals surface area contributed by atoms with E-state index in [9.17, 15) is 4.39 Å². The lowest BCUT2D eigenvalue weighted by Crippen LogP contribution is -2.35. The van der Waals surface area contributed by atoms with E-state index in [4.69, 9.17) is 14.2 Å². The lowest BCUT2D eigenvalue weighted by atomic mass is 10.2. The molecule has 12 heteroatoms. The fraction of sp³-hybridized carbons (Fsp3) is 0.269. The Morgan fingerprint density at radius 3 is 2.55 bits per heavy atom. The highest BCUT2D eigenvalue weighted by Crippen LogP contribution is 2.34. The number of anilines is 4. The van der Waals surface area contributed by atoms with E-state index in [1.54, 1.807) is 12.3 Å². The number of nitrogens with zero attached hydrogens (tertiary/aromatic N) is 6. The molecule has 1 fully saturated rings. The van der Waals surface area contributed by atoms with Gasteiger partial charge in [-0.25, -0.2) is 29.3 Å². The Bertz CT molecular complexity index is 1380. The van der Waals surface area contributed by atoms with Crippen LogP contribution in [0.3, 0.4) is 0 Å². The molecule has 4 aromatic rings. The molecule has 4 heterocycles. The number of ether oxygens (including phenoxy) is 3. The molecule has 0 saturated carbocycles. The summed E-state index contributed by atoms with van der Waals surface area (Å²) in [5, 5.41) is 6.21. The molecule has 0 unspecified atom stereocenters. The molecule has 38 heavy (non-hydrogen) atoms. The van der Waals surface area contributed by atoms with Crippen LogP contribution in [0.4, 0.5) is 27.5 Å². The van der Waals surface area contributed by atoms with Crippen LogP contribution in [0.1, 0.15) is 5.56 Å². The third-order valence-electron chi connectivity index (χ3n) is 5.97. The molecule has 1 aromatic carbocycles. The molecule has 196 valence electrons. The van der Waals surface area contributed by atoms with Crippen molar-refractivity contribution in [3.8, 4) is 22.8 Å². The third-order valence-corrected chi connectivity index (χ3v) is 5.97. The summed E-state index contributed by atoms with van der Waals surface area (Å²) in [4.78, 5) is 24.0. The van der Waals surface area contributed by atoms with Gasteiger partial charge in [0.15, 0.2) is 11.6 Å². The highest BCUT2D eigenvalue weighted by molar-refractivity contribution is 5.77. The summed E-state index contributed by atoms with van der Waals surface area (Å²) >= 11 is 0. The fourth-order valence-corrected chi connectivity index (χ4v) is 3.99. The smallest absolute Gasteiger partial charge is 0.188 e. The summed E-state index contributed by atoms with van der Waals surface area (Å²) in [5.41, 5.74) is 2.34. The maximum Gasteiger partial charge on any atom is 0.188 e. The lowest BCUT2D eigenvalue weighted by molar-refractivity contribution is 0.0341. The Balaban J connectivity index is 1.34. The van der Waals surface area contributed by atoms with Gasteiger partial charge in [0.1, 0.15) is 35.9 Å². The first-order valence-electron chi connectivity index (χ1n) is 12.0. The predicted octanol–water partition coefficient (Wildman–Crippen LogP) is 3.80. The van der Waals surface area contributed by atoms with Crippen molar-refractivity contribution in [1.29, 1.82) is 0 Å². The quantitative estimate of drug-likeness (QED) is 0.337. The fourth-order valence-electron chi connectivity index (χ4n) is 3.99. The number of morpholine rings is 1. The molecular weight excluding hydrogens is 491 g/mol. The summed E-state index contributed by atoms with van der Waals surface area (Å²) in [6.07, 6.45) is 6.24. The van der Waals surface area contributed by atoms with Gasteiger partial charge in [0.05, 0.1) is 44.4 Å². The van der Waals surface area contributed by atoms with Gasteiger partial charge in [-0.05, 0) is 11.6 Å². The first-order valence-corrected chi connectivity index (χ1v) is 12.0. The minimum absolute atomic E-state index is 0.0412. The van der Waals surface area contributed by atoms with Crippen LogP contribution in [0.25, 0.3) is 11.3 Å². The van der Waals surface area contributed by atoms with Gasteiger partial charge >= 0.3 is 0 Å². The van der Waals surface area contributed by atoms with Crippen molar-refractivity contribution in [3.63, 3.8) is 0 Å². The molecule has 1 aliphatic rings. The molecule has 1 aliphatic heterocycles. The van der Waals surface area contributed by atoms with Crippen LogP contribution in [0.2, 0.25) is 0 Å². The third kappa shape index (κ3) is 5.93. The summed E-state index contributed by atoms with van der Waals surface area (Å²) < 4.78 is 30.7. The van der Waals surface area contributed by atoms with Crippen molar-refractivity contribution in [2.45, 2.75) is 6.54 Å². The molecule has 0 radical (unpaired) electrons. The van der Waals surface area contributed by atoms with Crippen LogP contribution in [-0.2, 0) is 11.3 Å². The van der Waals surface area contributed by atoms with Crippen molar-refractivity contribution in [1.82, 2.24) is 29.8 Å². The minimum Gasteiger partial charge on any atom is -0.497 e. The molecule has 3 aromatic heterocycles. The van der Waals surface area contributed by atoms with Gasteiger partial charge in [-0.15, -0.1) is 0 Å². The van der Waals surface area contributed by atoms with Crippen molar-refractivity contribution in [3.05, 3.63) is 66.8 Å². The predicted molar refractivity (Wildman–Crippen MR) is 139 cm³/mol. The summed E-state index contributed by atoms with van der Waals surface area (Å²) in [7, 11) is 2.88. The van der Waals surface area contributed by atoms with Gasteiger partial charge in [-0.3, -0.25) is 4.90 Å². The molecule has 0 aliphatic carbocycles. The first kappa shape index (κ1) is 25.2. The molecule has 11 nitrogen and oxygen atoms in total. The van der Waals surface area contributed by atoms with Crippen LogP contribution >= 0.6 is 0 Å². The summed E-state index contributed by atoms with van der Waals surface area (Å²) in [5.74, 6) is 1.43. The zero-order chi connectivity index (χ0) is 26.3. The Labute approximate surface area is 219 Å². The van der Waals surface area contributed by atoms with E-state index < -0.39 is 5.82 Å². The molecule has 0 spiro atoms. The summed E-state index contributed by atoms with van der Waals surface area (Å²) in [6, 6.07) is 8.68. The van der Waals surface area contributed by atoms with E-state index in [1.165, 1.54) is 39.0 Å². The largest absolute Gasteiger partial charge is 0.497 e. The van der Waals surface area contributed by atoms with Crippen LogP contribution in [0, 0.1) is 5.82 Å². The maximum absolute atomic E-state index is 14.9. The average Bonchev–Trinajstić information content (AvgIpc) is 2.96. The van der Waals surface area contributed by atoms with Gasteiger partial charge in [0.25, 0.3) is 0 Å². The van der Waals surface area contributed by atoms with Crippen LogP contribution in [0.15, 0.2) is 55.4 Å². The number of pyridine rings is 1. The average molecular weight is 519 g/mol. The molecule has 0 bridgehead atoms. The number of aromatic nitrogens is 5. The van der Waals surface area contributed by atoms with Gasteiger partial charge in [-0.1, -0.05) is 6.07 Å². The topological polar surface area (TPSA) is 119 Å². The van der Waals surface area contributed by atoms with Crippen molar-refractivity contribution >= 4 is 23.1 Å². The molecule has 0 amide bonds. The molecule has 1 saturated heterocycles. The number of halogens is 1. The van der Waals surface area contributed by atoms with E-state index in [0.717, 1.165) is 38.4 Å². The second-order valence-corrected chi connectivity index (χ2v) is 8.45. The number of hydrogen-bond donors (Lipinski definition) is 2. The van der Waals surface area contributed by atoms with Gasteiger partial charge in [0.2, 0.25) is 0 Å². The van der Waals surface area contributed by atoms with E-state index in [1.807, 2.05) is 18.3 Å². The summed E-state index contributed by atoms with van der Waals surface area (Å²) in [6.45, 7) is 4.19. The Morgan fingerprint density at radius 1 is 0.921 bits per heavy atom. The monoisotopic (exact) mass is 518 g/mol. The van der Waals surface area contributed by atoms with E-state index in [0.29, 0.717) is 34.5 Å². The maximum atomic E-state index is 14.9. The van der Waals surface area contributed by atoms with Crippen molar-refractivity contribution in [2.75, 3.05) is 51.2 Å². The first-order chi connectivity index (χ1) is 18.6. The molecule has 0 atom stereocenters. The zero-order valence-corrected chi connectivity index (χ0v) is 21.0. The van der Waals surface area contributed by atoms with Crippen molar-refractivity contribution in [2.24, 2.45) is 0 Å². The lowest BCUT2D eigenvalue weighted by Gasteiger charge is -2.26. The van der Waals surface area contributed by atoms with Crippen LogP contribution in [0.5, 0.6) is 11.5 Å².